The summed E-state index contributed by atoms with van der Waals surface area (Å²) in [5, 5.41) is 3.95. The van der Waals surface area contributed by atoms with Gasteiger partial charge in [-0.2, -0.15) is 0 Å². The molecule has 7 heteroatoms. The summed E-state index contributed by atoms with van der Waals surface area (Å²) < 4.78 is 19.4. The Morgan fingerprint density at radius 1 is 1.22 bits per heavy atom. The minimum atomic E-state index is -0.344. The second-order valence-corrected chi connectivity index (χ2v) is 7.86. The van der Waals surface area contributed by atoms with E-state index in [0.29, 0.717) is 25.7 Å². The first-order chi connectivity index (χ1) is 13.1. The van der Waals surface area contributed by atoms with Crippen molar-refractivity contribution in [3.63, 3.8) is 0 Å². The number of nitrogens with one attached hydrogen (secondary N) is 1. The minimum Gasteiger partial charge on any atom is -0.379 e. The van der Waals surface area contributed by atoms with Gasteiger partial charge in [0.1, 0.15) is 10.7 Å². The fraction of sp³-hybridized carbons (Fsp3) is 0.250. The van der Waals surface area contributed by atoms with Crippen molar-refractivity contribution in [3.05, 3.63) is 63.7 Å². The summed E-state index contributed by atoms with van der Waals surface area (Å²) in [6.45, 7) is 4.13. The molecule has 0 aliphatic carbocycles. The maximum atomic E-state index is 13.4. The largest absolute Gasteiger partial charge is 0.379 e. The molecule has 3 aromatic rings. The van der Waals surface area contributed by atoms with Crippen molar-refractivity contribution in [2.75, 3.05) is 31.6 Å². The van der Waals surface area contributed by atoms with Crippen molar-refractivity contribution in [3.8, 4) is 0 Å². The second-order valence-electron chi connectivity index (χ2n) is 6.43. The van der Waals surface area contributed by atoms with Crippen LogP contribution in [0.2, 0.25) is 5.02 Å². The number of ether oxygens (including phenoxy) is 1. The lowest BCUT2D eigenvalue weighted by atomic mass is 10.1. The molecule has 4 nitrogen and oxygen atoms in total. The van der Waals surface area contributed by atoms with Gasteiger partial charge in [0.05, 0.1) is 18.2 Å². The van der Waals surface area contributed by atoms with Gasteiger partial charge in [-0.05, 0) is 35.9 Å². The van der Waals surface area contributed by atoms with Gasteiger partial charge >= 0.3 is 0 Å². The molecule has 2 heterocycles. The smallest absolute Gasteiger partial charge is 0.267 e. The van der Waals surface area contributed by atoms with Gasteiger partial charge in [0.25, 0.3) is 5.91 Å². The van der Waals surface area contributed by atoms with Gasteiger partial charge in [-0.3, -0.25) is 9.69 Å². The Labute approximate surface area is 165 Å². The van der Waals surface area contributed by atoms with E-state index in [1.54, 1.807) is 6.07 Å². The van der Waals surface area contributed by atoms with Crippen LogP contribution in [0, 0.1) is 5.82 Å². The van der Waals surface area contributed by atoms with Gasteiger partial charge in [0.2, 0.25) is 0 Å². The lowest BCUT2D eigenvalue weighted by Crippen LogP contribution is -2.35. The standard InChI is InChI=1S/C20H18ClFN2O2S/c21-18-16-5-4-14(22)11-17(16)27-19(18)20(25)23-15-3-1-2-13(10-15)12-24-6-8-26-9-7-24/h1-5,10-11H,6-9,12H2,(H,23,25). The number of carbonyl (C=O) groups is 1. The van der Waals surface area contributed by atoms with Gasteiger partial charge in [-0.25, -0.2) is 4.39 Å². The van der Waals surface area contributed by atoms with E-state index in [2.05, 4.69) is 10.2 Å². The van der Waals surface area contributed by atoms with Crippen LogP contribution in [0.25, 0.3) is 10.1 Å². The van der Waals surface area contributed by atoms with Crippen LogP contribution >= 0.6 is 22.9 Å². The van der Waals surface area contributed by atoms with Crippen molar-refractivity contribution in [1.29, 1.82) is 0 Å². The number of halogens is 2. The lowest BCUT2D eigenvalue weighted by molar-refractivity contribution is 0.0342. The Hall–Kier alpha value is -1.99. The summed E-state index contributed by atoms with van der Waals surface area (Å²) in [5.74, 6) is -0.631. The Morgan fingerprint density at radius 2 is 2.04 bits per heavy atom. The van der Waals surface area contributed by atoms with Crippen LogP contribution in [-0.4, -0.2) is 37.1 Å². The van der Waals surface area contributed by atoms with E-state index < -0.39 is 0 Å². The van der Waals surface area contributed by atoms with Crippen molar-refractivity contribution in [2.45, 2.75) is 6.54 Å². The summed E-state index contributed by atoms with van der Waals surface area (Å²) in [6.07, 6.45) is 0. The molecule has 0 saturated carbocycles. The molecular weight excluding hydrogens is 387 g/mol. The minimum absolute atomic E-state index is 0.287. The molecule has 0 unspecified atom stereocenters. The summed E-state index contributed by atoms with van der Waals surface area (Å²) in [5.41, 5.74) is 1.84. The van der Waals surface area contributed by atoms with E-state index in [4.69, 9.17) is 16.3 Å². The van der Waals surface area contributed by atoms with Crippen molar-refractivity contribution in [1.82, 2.24) is 4.90 Å². The molecule has 1 aliphatic heterocycles. The van der Waals surface area contributed by atoms with E-state index in [9.17, 15) is 9.18 Å². The monoisotopic (exact) mass is 404 g/mol. The third kappa shape index (κ3) is 4.14. The highest BCUT2D eigenvalue weighted by Crippen LogP contribution is 2.36. The predicted molar refractivity (Wildman–Crippen MR) is 107 cm³/mol. The molecule has 1 aromatic heterocycles. The molecular formula is C20H18ClFN2O2S. The summed E-state index contributed by atoms with van der Waals surface area (Å²) >= 11 is 7.53. The number of hydrogen-bond donors (Lipinski definition) is 1. The van der Waals surface area contributed by atoms with Crippen LogP contribution in [0.3, 0.4) is 0 Å². The Morgan fingerprint density at radius 3 is 2.85 bits per heavy atom. The molecule has 1 amide bonds. The average molecular weight is 405 g/mol. The maximum absolute atomic E-state index is 13.4. The number of carbonyl (C=O) groups excluding carboxylic acids is 1. The summed E-state index contributed by atoms with van der Waals surface area (Å²) in [6, 6.07) is 12.1. The maximum Gasteiger partial charge on any atom is 0.267 e. The number of anilines is 1. The van der Waals surface area contributed by atoms with Crippen LogP contribution in [-0.2, 0) is 11.3 Å². The number of fused-ring (bicyclic) bond motifs is 1. The van der Waals surface area contributed by atoms with Gasteiger partial charge in [-0.15, -0.1) is 11.3 Å². The molecule has 140 valence electrons. The van der Waals surface area contributed by atoms with E-state index in [1.165, 1.54) is 23.5 Å². The molecule has 1 fully saturated rings. The Kier molecular flexibility index (Phi) is 5.41. The number of nitrogens with zero attached hydrogens (tertiary/aromatic N) is 1. The van der Waals surface area contributed by atoms with Crippen molar-refractivity contribution in [2.24, 2.45) is 0 Å². The van der Waals surface area contributed by atoms with Gasteiger partial charge in [0.15, 0.2) is 0 Å². The zero-order valence-corrected chi connectivity index (χ0v) is 16.1. The molecule has 0 spiro atoms. The molecule has 1 N–H and O–H groups in total. The van der Waals surface area contributed by atoms with Gasteiger partial charge < -0.3 is 10.1 Å². The third-order valence-corrected chi connectivity index (χ3v) is 6.15. The fourth-order valence-electron chi connectivity index (χ4n) is 3.14. The normalized spacial score (nSPS) is 15.2. The molecule has 0 atom stereocenters. The van der Waals surface area contributed by atoms with Crippen LogP contribution in [0.15, 0.2) is 42.5 Å². The molecule has 0 radical (unpaired) electrons. The Balaban J connectivity index is 1.51. The van der Waals surface area contributed by atoms with E-state index in [-0.39, 0.29) is 11.7 Å². The average Bonchev–Trinajstić information content (AvgIpc) is 2.99. The zero-order valence-electron chi connectivity index (χ0n) is 14.5. The van der Waals surface area contributed by atoms with Crippen LogP contribution in [0.5, 0.6) is 0 Å². The van der Waals surface area contributed by atoms with Crippen LogP contribution in [0.1, 0.15) is 15.2 Å². The second kappa shape index (κ2) is 7.94. The number of hydrogen-bond acceptors (Lipinski definition) is 4. The summed E-state index contributed by atoms with van der Waals surface area (Å²) in [7, 11) is 0. The molecule has 2 aromatic carbocycles. The number of amides is 1. The predicted octanol–water partition coefficient (Wildman–Crippen LogP) is 4.78. The van der Waals surface area contributed by atoms with Crippen LogP contribution in [0.4, 0.5) is 10.1 Å². The van der Waals surface area contributed by atoms with Crippen molar-refractivity contribution < 1.29 is 13.9 Å². The first-order valence-corrected chi connectivity index (χ1v) is 9.87. The molecule has 0 bridgehead atoms. The molecule has 1 saturated heterocycles. The number of rotatable bonds is 4. The Bertz CT molecular complexity index is 985. The zero-order chi connectivity index (χ0) is 18.8. The summed E-state index contributed by atoms with van der Waals surface area (Å²) in [4.78, 5) is 15.4. The molecule has 27 heavy (non-hydrogen) atoms. The quantitative estimate of drug-likeness (QED) is 0.680. The fourth-order valence-corrected chi connectivity index (χ4v) is 4.57. The third-order valence-electron chi connectivity index (χ3n) is 4.49. The first kappa shape index (κ1) is 18.4. The first-order valence-electron chi connectivity index (χ1n) is 8.68. The highest BCUT2D eigenvalue weighted by molar-refractivity contribution is 7.21. The highest BCUT2D eigenvalue weighted by Gasteiger charge is 2.18. The highest BCUT2D eigenvalue weighted by atomic mass is 35.5. The van der Waals surface area contributed by atoms with Gasteiger partial charge in [0, 0.05) is 35.4 Å². The number of thiophene rings is 1. The topological polar surface area (TPSA) is 41.6 Å². The molecule has 1 aliphatic rings. The molecule has 4 rings (SSSR count). The van der Waals surface area contributed by atoms with E-state index in [1.807, 2.05) is 24.3 Å². The number of benzene rings is 2. The number of morpholine rings is 1. The van der Waals surface area contributed by atoms with Crippen molar-refractivity contribution >= 4 is 44.6 Å². The SMILES string of the molecule is O=C(Nc1cccc(CN2CCOCC2)c1)c1sc2cc(F)ccc2c1Cl. The van der Waals surface area contributed by atoms with Gasteiger partial charge in [-0.1, -0.05) is 23.7 Å². The van der Waals surface area contributed by atoms with E-state index in [0.717, 1.165) is 38.4 Å². The lowest BCUT2D eigenvalue weighted by Gasteiger charge is -2.26. The van der Waals surface area contributed by atoms with Crippen LogP contribution < -0.4 is 5.32 Å². The van der Waals surface area contributed by atoms with E-state index >= 15 is 0 Å².